The van der Waals surface area contributed by atoms with E-state index in [1.807, 2.05) is 6.92 Å². The van der Waals surface area contributed by atoms with Gasteiger partial charge < -0.3 is 4.74 Å². The summed E-state index contributed by atoms with van der Waals surface area (Å²) in [5.74, 6) is 0.953. The molecule has 3 aromatic carbocycles. The molecule has 0 bridgehead atoms. The first-order valence-corrected chi connectivity index (χ1v) is 10.3. The normalized spacial score (nSPS) is 10.6. The molecule has 0 radical (unpaired) electrons. The summed E-state index contributed by atoms with van der Waals surface area (Å²) < 4.78 is 5.84. The third kappa shape index (κ3) is 5.36. The van der Waals surface area contributed by atoms with E-state index < -0.39 is 0 Å². The molecule has 144 valence electrons. The van der Waals surface area contributed by atoms with Crippen molar-refractivity contribution in [1.82, 2.24) is 0 Å². The topological polar surface area (TPSA) is 9.23 Å². The van der Waals surface area contributed by atoms with Gasteiger partial charge in [0.15, 0.2) is 0 Å². The van der Waals surface area contributed by atoms with Gasteiger partial charge in [-0.05, 0) is 53.3 Å². The van der Waals surface area contributed by atoms with Gasteiger partial charge in [0.2, 0.25) is 0 Å². The van der Waals surface area contributed by atoms with E-state index in [4.69, 9.17) is 4.74 Å². The van der Waals surface area contributed by atoms with Crippen molar-refractivity contribution in [1.29, 1.82) is 0 Å². The van der Waals surface area contributed by atoms with Gasteiger partial charge in [-0.25, -0.2) is 0 Å². The van der Waals surface area contributed by atoms with E-state index in [1.165, 1.54) is 47.1 Å². The lowest BCUT2D eigenvalue weighted by atomic mass is 9.98. The Bertz CT molecular complexity index is 871. The summed E-state index contributed by atoms with van der Waals surface area (Å²) in [6.07, 6.45) is 4.92. The molecule has 0 heterocycles. The third-order valence-electron chi connectivity index (χ3n) is 5.05. The Labute approximate surface area is 169 Å². The van der Waals surface area contributed by atoms with Crippen LogP contribution in [0, 0.1) is 0 Å². The Morgan fingerprint density at radius 3 is 1.61 bits per heavy atom. The molecule has 0 unspecified atom stereocenters. The fraction of sp³-hybridized carbons (Fsp3) is 0.259. The summed E-state index contributed by atoms with van der Waals surface area (Å²) in [4.78, 5) is 0. The fourth-order valence-electron chi connectivity index (χ4n) is 3.26. The summed E-state index contributed by atoms with van der Waals surface area (Å²) in [5, 5.41) is 0. The van der Waals surface area contributed by atoms with Crippen LogP contribution in [0.25, 0.3) is 27.8 Å². The van der Waals surface area contributed by atoms with Crippen molar-refractivity contribution < 1.29 is 4.74 Å². The third-order valence-corrected chi connectivity index (χ3v) is 5.05. The molecule has 0 spiro atoms. The zero-order valence-electron chi connectivity index (χ0n) is 17.1. The van der Waals surface area contributed by atoms with Crippen molar-refractivity contribution in [2.24, 2.45) is 0 Å². The Morgan fingerprint density at radius 1 is 0.679 bits per heavy atom. The lowest BCUT2D eigenvalue weighted by Crippen LogP contribution is -1.96. The molecule has 0 aliphatic carbocycles. The number of benzene rings is 3. The van der Waals surface area contributed by atoms with E-state index >= 15 is 0 Å². The van der Waals surface area contributed by atoms with Crippen molar-refractivity contribution in [3.63, 3.8) is 0 Å². The standard InChI is InChI=1S/C27H30O/c1-4-5-6-7-20-28-27-18-16-26(17-19-27)25-14-12-24(13-15-25)23-10-8-22(9-11-23)21(2)3/h8-19H,2,4-7,20H2,1,3H3. The second-order valence-electron chi connectivity index (χ2n) is 7.37. The van der Waals surface area contributed by atoms with Crippen LogP contribution in [0.15, 0.2) is 79.4 Å². The van der Waals surface area contributed by atoms with Crippen molar-refractivity contribution in [3.05, 3.63) is 84.9 Å². The minimum atomic E-state index is 0.804. The maximum Gasteiger partial charge on any atom is 0.119 e. The molecular formula is C27H30O. The fourth-order valence-corrected chi connectivity index (χ4v) is 3.26. The van der Waals surface area contributed by atoms with E-state index in [2.05, 4.69) is 86.3 Å². The van der Waals surface area contributed by atoms with Crippen molar-refractivity contribution in [2.45, 2.75) is 39.5 Å². The predicted molar refractivity (Wildman–Crippen MR) is 122 cm³/mol. The molecule has 1 nitrogen and oxygen atoms in total. The van der Waals surface area contributed by atoms with Crippen molar-refractivity contribution in [3.8, 4) is 28.0 Å². The van der Waals surface area contributed by atoms with E-state index in [9.17, 15) is 0 Å². The Hall–Kier alpha value is -2.80. The van der Waals surface area contributed by atoms with Gasteiger partial charge in [0.25, 0.3) is 0 Å². The quantitative estimate of drug-likeness (QED) is 0.347. The predicted octanol–water partition coefficient (Wildman–Crippen LogP) is 8.01. The molecular weight excluding hydrogens is 340 g/mol. The average molecular weight is 371 g/mol. The van der Waals surface area contributed by atoms with Gasteiger partial charge in [0.1, 0.15) is 5.75 Å². The van der Waals surface area contributed by atoms with Crippen LogP contribution in [-0.2, 0) is 0 Å². The molecule has 0 atom stereocenters. The number of ether oxygens (including phenoxy) is 1. The van der Waals surface area contributed by atoms with E-state index in [0.29, 0.717) is 0 Å². The number of rotatable bonds is 9. The molecule has 0 N–H and O–H groups in total. The maximum absolute atomic E-state index is 5.84. The maximum atomic E-state index is 5.84. The molecule has 0 aliphatic heterocycles. The Kier molecular flexibility index (Phi) is 7.08. The number of hydrogen-bond acceptors (Lipinski definition) is 1. The Morgan fingerprint density at radius 2 is 1.14 bits per heavy atom. The molecule has 0 saturated carbocycles. The van der Waals surface area contributed by atoms with Gasteiger partial charge in [-0.3, -0.25) is 0 Å². The summed E-state index contributed by atoms with van der Waals surface area (Å²) in [5.41, 5.74) is 7.16. The summed E-state index contributed by atoms with van der Waals surface area (Å²) in [6, 6.07) is 25.7. The van der Waals surface area contributed by atoms with Gasteiger partial charge in [0.05, 0.1) is 6.61 Å². The van der Waals surface area contributed by atoms with Crippen LogP contribution >= 0.6 is 0 Å². The molecule has 0 aromatic heterocycles. The van der Waals surface area contributed by atoms with E-state index in [1.54, 1.807) is 0 Å². The largest absolute Gasteiger partial charge is 0.494 e. The first-order chi connectivity index (χ1) is 13.7. The number of unbranched alkanes of at least 4 members (excludes halogenated alkanes) is 3. The number of hydrogen-bond donors (Lipinski definition) is 0. The van der Waals surface area contributed by atoms with Gasteiger partial charge in [-0.15, -0.1) is 0 Å². The van der Waals surface area contributed by atoms with Gasteiger partial charge in [0, 0.05) is 0 Å². The first-order valence-electron chi connectivity index (χ1n) is 10.3. The molecule has 0 fully saturated rings. The lowest BCUT2D eigenvalue weighted by molar-refractivity contribution is 0.305. The van der Waals surface area contributed by atoms with Crippen molar-refractivity contribution >= 4 is 5.57 Å². The molecule has 0 aliphatic rings. The molecule has 0 amide bonds. The highest BCUT2D eigenvalue weighted by molar-refractivity contribution is 5.72. The highest BCUT2D eigenvalue weighted by Gasteiger charge is 2.02. The SMILES string of the molecule is C=C(C)c1ccc(-c2ccc(-c3ccc(OCCCCCC)cc3)cc2)cc1. The number of allylic oxidation sites excluding steroid dienone is 1. The van der Waals surface area contributed by atoms with Gasteiger partial charge >= 0.3 is 0 Å². The zero-order chi connectivity index (χ0) is 19.8. The van der Waals surface area contributed by atoms with Crippen LogP contribution < -0.4 is 4.74 Å². The second kappa shape index (κ2) is 9.94. The molecule has 3 rings (SSSR count). The van der Waals surface area contributed by atoms with Gasteiger partial charge in [-0.1, -0.05) is 99.0 Å². The summed E-state index contributed by atoms with van der Waals surface area (Å²) in [7, 11) is 0. The van der Waals surface area contributed by atoms with E-state index in [-0.39, 0.29) is 0 Å². The molecule has 1 heteroatoms. The highest BCUT2D eigenvalue weighted by Crippen LogP contribution is 2.27. The minimum absolute atomic E-state index is 0.804. The second-order valence-corrected chi connectivity index (χ2v) is 7.37. The molecule has 3 aromatic rings. The van der Waals surface area contributed by atoms with Crippen LogP contribution in [-0.4, -0.2) is 6.61 Å². The summed E-state index contributed by atoms with van der Waals surface area (Å²) >= 11 is 0. The van der Waals surface area contributed by atoms with Crippen molar-refractivity contribution in [2.75, 3.05) is 6.61 Å². The van der Waals surface area contributed by atoms with E-state index in [0.717, 1.165) is 24.4 Å². The van der Waals surface area contributed by atoms with Crippen LogP contribution in [0.2, 0.25) is 0 Å². The molecule has 28 heavy (non-hydrogen) atoms. The minimum Gasteiger partial charge on any atom is -0.494 e. The molecule has 0 saturated heterocycles. The Balaban J connectivity index is 1.62. The zero-order valence-corrected chi connectivity index (χ0v) is 17.1. The first kappa shape index (κ1) is 19.9. The smallest absolute Gasteiger partial charge is 0.119 e. The van der Waals surface area contributed by atoms with Gasteiger partial charge in [-0.2, -0.15) is 0 Å². The van der Waals surface area contributed by atoms with Crippen LogP contribution in [0.5, 0.6) is 5.75 Å². The van der Waals surface area contributed by atoms with Crippen LogP contribution in [0.1, 0.15) is 45.1 Å². The van der Waals surface area contributed by atoms with Crippen LogP contribution in [0.4, 0.5) is 0 Å². The van der Waals surface area contributed by atoms with Crippen LogP contribution in [0.3, 0.4) is 0 Å². The summed E-state index contributed by atoms with van der Waals surface area (Å²) in [6.45, 7) is 9.06. The lowest BCUT2D eigenvalue weighted by Gasteiger charge is -2.09. The average Bonchev–Trinajstić information content (AvgIpc) is 2.74. The monoisotopic (exact) mass is 370 g/mol. The highest BCUT2D eigenvalue weighted by atomic mass is 16.5.